The number of fused-ring (bicyclic) bond motifs is 9. The molecule has 66 heavy (non-hydrogen) atoms. The first-order valence-corrected chi connectivity index (χ1v) is 24.3. The van der Waals surface area contributed by atoms with Gasteiger partial charge in [0.25, 0.3) is 0 Å². The van der Waals surface area contributed by atoms with Gasteiger partial charge in [0.1, 0.15) is 0 Å². The van der Waals surface area contributed by atoms with Gasteiger partial charge in [-0.2, -0.15) is 0 Å². The van der Waals surface area contributed by atoms with Crippen molar-refractivity contribution in [3.05, 3.63) is 217 Å². The third kappa shape index (κ3) is 5.13. The van der Waals surface area contributed by atoms with Crippen LogP contribution in [0, 0.1) is 23.7 Å². The van der Waals surface area contributed by atoms with E-state index in [9.17, 15) is 0 Å². The van der Waals surface area contributed by atoms with E-state index < -0.39 is 0 Å². The molecule has 0 N–H and O–H groups in total. The molecule has 9 aromatic carbocycles. The Hall–Kier alpha value is -7.42. The summed E-state index contributed by atoms with van der Waals surface area (Å²) < 4.78 is 4.82. The first kappa shape index (κ1) is 36.9. The topological polar surface area (TPSA) is 9.86 Å². The standard InChI is InChI=1S/C64H48N2/c1-2-10-50(11-3-1)65-60-16-8-5-13-54(60)56-37-45(25-30-62(56)65)46-26-31-63-57(38-46)55-14-6-9-17-61(55)66(63)51-27-22-43(23-28-51)42-18-20-44(21-19-42)47-24-29-53-52-12-4-7-15-58(52)64(59(53)39-47)48-33-40-32-41(35-48)36-49(64)34-40/h1-31,37-41,48-49H,32-36H2. The van der Waals surface area contributed by atoms with Crippen LogP contribution in [0.4, 0.5) is 0 Å². The lowest BCUT2D eigenvalue weighted by Gasteiger charge is -2.61. The number of benzene rings is 9. The maximum absolute atomic E-state index is 2.61. The van der Waals surface area contributed by atoms with Crippen LogP contribution in [-0.4, -0.2) is 9.13 Å². The molecular weight excluding hydrogens is 797 g/mol. The lowest BCUT2D eigenvalue weighted by molar-refractivity contribution is -0.0399. The minimum Gasteiger partial charge on any atom is -0.309 e. The number of aromatic nitrogens is 2. The number of hydrogen-bond donors (Lipinski definition) is 0. The van der Waals surface area contributed by atoms with Gasteiger partial charge in [0.15, 0.2) is 0 Å². The van der Waals surface area contributed by atoms with Crippen molar-refractivity contribution >= 4 is 43.6 Å². The minimum atomic E-state index is 0.192. The summed E-state index contributed by atoms with van der Waals surface area (Å²) in [5.41, 5.74) is 21.2. The Morgan fingerprint density at radius 2 is 0.727 bits per heavy atom. The second-order valence-electron chi connectivity index (χ2n) is 20.1. The maximum atomic E-state index is 2.61. The Balaban J connectivity index is 0.756. The van der Waals surface area contributed by atoms with E-state index in [0.717, 1.165) is 23.7 Å². The molecule has 4 bridgehead atoms. The fourth-order valence-electron chi connectivity index (χ4n) is 14.4. The van der Waals surface area contributed by atoms with E-state index in [2.05, 4.69) is 215 Å². The molecule has 0 unspecified atom stereocenters. The molecule has 0 amide bonds. The lowest BCUT2D eigenvalue weighted by atomic mass is 9.43. The summed E-state index contributed by atoms with van der Waals surface area (Å²) in [6, 6.07) is 77.7. The smallest absolute Gasteiger partial charge is 0.0541 e. The van der Waals surface area contributed by atoms with Gasteiger partial charge in [-0.3, -0.25) is 0 Å². The molecule has 4 saturated carbocycles. The number of rotatable bonds is 5. The van der Waals surface area contributed by atoms with Crippen LogP contribution in [0.1, 0.15) is 43.2 Å². The van der Waals surface area contributed by atoms with Crippen LogP contribution in [-0.2, 0) is 5.41 Å². The molecular formula is C64H48N2. The molecule has 314 valence electrons. The number of para-hydroxylation sites is 3. The Bertz CT molecular complexity index is 3720. The highest BCUT2D eigenvalue weighted by atomic mass is 15.0. The van der Waals surface area contributed by atoms with Crippen LogP contribution in [0.3, 0.4) is 0 Å². The van der Waals surface area contributed by atoms with Gasteiger partial charge in [-0.25, -0.2) is 0 Å². The van der Waals surface area contributed by atoms with Crippen molar-refractivity contribution in [1.82, 2.24) is 9.13 Å². The van der Waals surface area contributed by atoms with Gasteiger partial charge in [0.2, 0.25) is 0 Å². The molecule has 2 aromatic heterocycles. The van der Waals surface area contributed by atoms with Crippen molar-refractivity contribution in [2.24, 2.45) is 23.7 Å². The van der Waals surface area contributed by atoms with Gasteiger partial charge in [-0.15, -0.1) is 0 Å². The molecule has 16 rings (SSSR count). The molecule has 4 fully saturated rings. The summed E-state index contributed by atoms with van der Waals surface area (Å²) in [5.74, 6) is 3.45. The Labute approximate surface area is 385 Å². The van der Waals surface area contributed by atoms with Crippen molar-refractivity contribution in [2.75, 3.05) is 0 Å². The van der Waals surface area contributed by atoms with Crippen molar-refractivity contribution in [3.63, 3.8) is 0 Å². The summed E-state index contributed by atoms with van der Waals surface area (Å²) in [4.78, 5) is 0. The molecule has 0 aliphatic heterocycles. The summed E-state index contributed by atoms with van der Waals surface area (Å²) in [6.45, 7) is 0. The highest BCUT2D eigenvalue weighted by molar-refractivity contribution is 6.12. The Morgan fingerprint density at radius 1 is 0.303 bits per heavy atom. The molecule has 11 aromatic rings. The second-order valence-corrected chi connectivity index (χ2v) is 20.1. The molecule has 0 saturated heterocycles. The quantitative estimate of drug-likeness (QED) is 0.163. The normalized spacial score (nSPS) is 21.4. The molecule has 2 nitrogen and oxygen atoms in total. The fourth-order valence-corrected chi connectivity index (χ4v) is 14.4. The molecule has 1 spiro atoms. The van der Waals surface area contributed by atoms with Crippen molar-refractivity contribution < 1.29 is 0 Å². The van der Waals surface area contributed by atoms with Crippen LogP contribution >= 0.6 is 0 Å². The molecule has 5 aliphatic carbocycles. The van der Waals surface area contributed by atoms with E-state index in [0.29, 0.717) is 0 Å². The first-order valence-electron chi connectivity index (χ1n) is 24.3. The highest BCUT2D eigenvalue weighted by Gasteiger charge is 2.61. The van der Waals surface area contributed by atoms with Gasteiger partial charge in [-0.1, -0.05) is 140 Å². The SMILES string of the molecule is c1ccc(-n2c3ccccc3c3cc(-c4ccc5c(c4)c4ccccc4n5-c4ccc(-c5ccc(-c6ccc7c(c6)C6(c8ccccc8-7)C7CC8CC(C7)CC6C8)cc5)cc4)ccc32)cc1. The van der Waals surface area contributed by atoms with E-state index in [-0.39, 0.29) is 5.41 Å². The zero-order chi connectivity index (χ0) is 43.1. The average Bonchev–Trinajstić information content (AvgIpc) is 3.99. The van der Waals surface area contributed by atoms with Crippen molar-refractivity contribution in [2.45, 2.75) is 37.5 Å². The van der Waals surface area contributed by atoms with E-state index in [1.807, 2.05) is 0 Å². The predicted molar refractivity (Wildman–Crippen MR) is 275 cm³/mol. The average molecular weight is 845 g/mol. The maximum Gasteiger partial charge on any atom is 0.0541 e. The van der Waals surface area contributed by atoms with Gasteiger partial charge in [0.05, 0.1) is 22.1 Å². The molecule has 0 radical (unpaired) electrons. The van der Waals surface area contributed by atoms with Gasteiger partial charge < -0.3 is 9.13 Å². The zero-order valence-corrected chi connectivity index (χ0v) is 36.9. The van der Waals surface area contributed by atoms with Gasteiger partial charge in [0, 0.05) is 38.3 Å². The second kappa shape index (κ2) is 13.8. The monoisotopic (exact) mass is 844 g/mol. The summed E-state index contributed by atoms with van der Waals surface area (Å²) >= 11 is 0. The van der Waals surface area contributed by atoms with Crippen molar-refractivity contribution in [3.8, 4) is 55.9 Å². The zero-order valence-electron chi connectivity index (χ0n) is 36.9. The third-order valence-electron chi connectivity index (χ3n) is 16.9. The van der Waals surface area contributed by atoms with Crippen LogP contribution in [0.2, 0.25) is 0 Å². The third-order valence-corrected chi connectivity index (χ3v) is 16.9. The largest absolute Gasteiger partial charge is 0.309 e. The van der Waals surface area contributed by atoms with Crippen LogP contribution in [0.5, 0.6) is 0 Å². The predicted octanol–water partition coefficient (Wildman–Crippen LogP) is 16.6. The lowest BCUT2D eigenvalue weighted by Crippen LogP contribution is -2.55. The van der Waals surface area contributed by atoms with Crippen LogP contribution < -0.4 is 0 Å². The fraction of sp³-hybridized carbons (Fsp3) is 0.156. The van der Waals surface area contributed by atoms with Crippen LogP contribution in [0.15, 0.2) is 206 Å². The van der Waals surface area contributed by atoms with E-state index in [1.54, 1.807) is 11.1 Å². The van der Waals surface area contributed by atoms with Gasteiger partial charge >= 0.3 is 0 Å². The molecule has 0 atom stereocenters. The van der Waals surface area contributed by atoms with E-state index in [4.69, 9.17) is 0 Å². The minimum absolute atomic E-state index is 0.192. The summed E-state index contributed by atoms with van der Waals surface area (Å²) in [6.07, 6.45) is 7.14. The first-order chi connectivity index (χ1) is 32.7. The number of hydrogen-bond acceptors (Lipinski definition) is 0. The molecule has 2 heterocycles. The highest BCUT2D eigenvalue weighted by Crippen LogP contribution is 2.69. The summed E-state index contributed by atoms with van der Waals surface area (Å²) in [5, 5.41) is 5.06. The summed E-state index contributed by atoms with van der Waals surface area (Å²) in [7, 11) is 0. The van der Waals surface area contributed by atoms with Crippen LogP contribution in [0.25, 0.3) is 99.5 Å². The Morgan fingerprint density at radius 3 is 1.33 bits per heavy atom. The molecule has 5 aliphatic rings. The molecule has 2 heteroatoms. The number of nitrogens with zero attached hydrogens (tertiary/aromatic N) is 2. The van der Waals surface area contributed by atoms with Crippen molar-refractivity contribution in [1.29, 1.82) is 0 Å². The van der Waals surface area contributed by atoms with E-state index >= 15 is 0 Å². The Kier molecular flexibility index (Phi) is 7.71. The van der Waals surface area contributed by atoms with E-state index in [1.165, 1.54) is 132 Å². The van der Waals surface area contributed by atoms with Gasteiger partial charge in [-0.05, 0) is 178 Å².